The molecule has 2 aromatic heterocycles. The van der Waals surface area contributed by atoms with Crippen LogP contribution in [0.15, 0.2) is 199 Å². The number of hydrogen-bond donors (Lipinski definition) is 0. The number of fused-ring (bicyclic) bond motifs is 9. The van der Waals surface area contributed by atoms with Gasteiger partial charge >= 0.3 is 0 Å². The summed E-state index contributed by atoms with van der Waals surface area (Å²) in [7, 11) is 0. The van der Waals surface area contributed by atoms with E-state index in [0.29, 0.717) is 5.82 Å². The van der Waals surface area contributed by atoms with Crippen molar-refractivity contribution in [3.05, 3.63) is 205 Å². The van der Waals surface area contributed by atoms with Gasteiger partial charge in [-0.05, 0) is 102 Å². The Hall–Kier alpha value is -7.62. The van der Waals surface area contributed by atoms with Crippen molar-refractivity contribution >= 4 is 43.5 Å². The molecule has 0 radical (unpaired) electrons. The van der Waals surface area contributed by atoms with E-state index in [9.17, 15) is 0 Å². The molecule has 0 spiro atoms. The van der Waals surface area contributed by atoms with Crippen LogP contribution in [0.5, 0.6) is 0 Å². The first-order valence-corrected chi connectivity index (χ1v) is 20.6. The Kier molecular flexibility index (Phi) is 7.58. The second kappa shape index (κ2) is 13.2. The van der Waals surface area contributed by atoms with E-state index in [1.807, 2.05) is 18.2 Å². The minimum absolute atomic E-state index is 0.0986. The van der Waals surface area contributed by atoms with Gasteiger partial charge in [-0.1, -0.05) is 172 Å². The van der Waals surface area contributed by atoms with E-state index in [1.165, 1.54) is 54.9 Å². The summed E-state index contributed by atoms with van der Waals surface area (Å²) in [6.45, 7) is 4.71. The van der Waals surface area contributed by atoms with Crippen molar-refractivity contribution in [2.45, 2.75) is 19.3 Å². The van der Waals surface area contributed by atoms with Gasteiger partial charge in [0.1, 0.15) is 11.2 Å². The van der Waals surface area contributed by atoms with Crippen LogP contribution in [0.4, 0.5) is 0 Å². The van der Waals surface area contributed by atoms with Gasteiger partial charge in [0.25, 0.3) is 0 Å². The molecule has 60 heavy (non-hydrogen) atoms. The molecular weight excluding hydrogens is 729 g/mol. The molecule has 0 N–H and O–H groups in total. The van der Waals surface area contributed by atoms with Gasteiger partial charge in [-0.15, -0.1) is 0 Å². The number of benzene rings is 9. The van der Waals surface area contributed by atoms with Crippen molar-refractivity contribution in [3.63, 3.8) is 0 Å². The SMILES string of the molecule is CC1(C)c2cc3ccccc3cc2-c2c(-c3ccc(-c4cc(-c5ccccc5-c5ccc6oc7ccc8ccccc8c7c6c5)nc(-c5ccccc5)n4)cc3)cccc21. The lowest BCUT2D eigenvalue weighted by Gasteiger charge is -2.22. The molecular formula is C57H38N2O. The second-order valence-electron chi connectivity index (χ2n) is 16.5. The maximum absolute atomic E-state index is 6.37. The van der Waals surface area contributed by atoms with Gasteiger partial charge < -0.3 is 4.42 Å². The molecule has 0 saturated carbocycles. The Bertz CT molecular complexity index is 3500. The first-order chi connectivity index (χ1) is 29.5. The van der Waals surface area contributed by atoms with Gasteiger partial charge in [0.05, 0.1) is 11.4 Å². The van der Waals surface area contributed by atoms with Crippen LogP contribution < -0.4 is 0 Å². The summed E-state index contributed by atoms with van der Waals surface area (Å²) in [5, 5.41) is 7.19. The summed E-state index contributed by atoms with van der Waals surface area (Å²) >= 11 is 0. The van der Waals surface area contributed by atoms with Crippen LogP contribution in [0.2, 0.25) is 0 Å². The average molecular weight is 767 g/mol. The van der Waals surface area contributed by atoms with Crippen LogP contribution in [-0.4, -0.2) is 9.97 Å². The van der Waals surface area contributed by atoms with Crippen molar-refractivity contribution in [3.8, 4) is 67.3 Å². The third-order valence-electron chi connectivity index (χ3n) is 12.7. The summed E-state index contributed by atoms with van der Waals surface area (Å²) < 4.78 is 6.37. The largest absolute Gasteiger partial charge is 0.456 e. The second-order valence-corrected chi connectivity index (χ2v) is 16.5. The third-order valence-corrected chi connectivity index (χ3v) is 12.7. The first kappa shape index (κ1) is 34.4. The van der Waals surface area contributed by atoms with E-state index in [4.69, 9.17) is 14.4 Å². The molecule has 282 valence electrons. The Morgan fingerprint density at radius 3 is 1.87 bits per heavy atom. The molecule has 3 nitrogen and oxygen atoms in total. The highest BCUT2D eigenvalue weighted by Gasteiger charge is 2.37. The van der Waals surface area contributed by atoms with Crippen LogP contribution in [0.25, 0.3) is 111 Å². The molecule has 12 rings (SSSR count). The normalized spacial score (nSPS) is 13.0. The molecule has 1 aliphatic rings. The number of hydrogen-bond acceptors (Lipinski definition) is 3. The average Bonchev–Trinajstić information content (AvgIpc) is 3.79. The zero-order valence-electron chi connectivity index (χ0n) is 33.3. The predicted octanol–water partition coefficient (Wildman–Crippen LogP) is 15.3. The minimum Gasteiger partial charge on any atom is -0.456 e. The molecule has 3 heteroatoms. The zero-order chi connectivity index (χ0) is 40.0. The lowest BCUT2D eigenvalue weighted by Crippen LogP contribution is -2.14. The molecule has 0 fully saturated rings. The lowest BCUT2D eigenvalue weighted by molar-refractivity contribution is 0.661. The van der Waals surface area contributed by atoms with Crippen molar-refractivity contribution in [1.29, 1.82) is 0 Å². The molecule has 2 heterocycles. The summed E-state index contributed by atoms with van der Waals surface area (Å²) in [5.74, 6) is 0.691. The molecule has 0 amide bonds. The molecule has 0 aliphatic heterocycles. The third kappa shape index (κ3) is 5.36. The quantitative estimate of drug-likeness (QED) is 0.175. The van der Waals surface area contributed by atoms with E-state index in [1.54, 1.807) is 0 Å². The zero-order valence-corrected chi connectivity index (χ0v) is 33.3. The van der Waals surface area contributed by atoms with Crippen molar-refractivity contribution in [2.75, 3.05) is 0 Å². The highest BCUT2D eigenvalue weighted by molar-refractivity contribution is 6.19. The lowest BCUT2D eigenvalue weighted by atomic mass is 9.81. The molecule has 0 bridgehead atoms. The highest BCUT2D eigenvalue weighted by atomic mass is 16.3. The molecule has 1 aliphatic carbocycles. The van der Waals surface area contributed by atoms with Crippen LogP contribution in [0.3, 0.4) is 0 Å². The maximum atomic E-state index is 6.37. The predicted molar refractivity (Wildman–Crippen MR) is 249 cm³/mol. The van der Waals surface area contributed by atoms with E-state index in [0.717, 1.165) is 61.1 Å². The number of furan rings is 1. The number of nitrogens with zero attached hydrogens (tertiary/aromatic N) is 2. The Balaban J connectivity index is 0.981. The maximum Gasteiger partial charge on any atom is 0.160 e. The van der Waals surface area contributed by atoms with E-state index in [-0.39, 0.29) is 5.41 Å². The summed E-state index contributed by atoms with van der Waals surface area (Å²) in [6.07, 6.45) is 0. The molecule has 9 aromatic carbocycles. The first-order valence-electron chi connectivity index (χ1n) is 20.6. The number of rotatable bonds is 5. The Morgan fingerprint density at radius 1 is 0.383 bits per heavy atom. The fraction of sp³-hybridized carbons (Fsp3) is 0.0526. The van der Waals surface area contributed by atoms with Gasteiger partial charge in [0.2, 0.25) is 0 Å². The molecule has 0 unspecified atom stereocenters. The van der Waals surface area contributed by atoms with Gasteiger partial charge in [-0.2, -0.15) is 0 Å². The fourth-order valence-corrected chi connectivity index (χ4v) is 9.66. The van der Waals surface area contributed by atoms with Gasteiger partial charge in [-0.25, -0.2) is 9.97 Å². The van der Waals surface area contributed by atoms with Gasteiger partial charge in [-0.3, -0.25) is 0 Å². The number of aromatic nitrogens is 2. The highest BCUT2D eigenvalue weighted by Crippen LogP contribution is 2.53. The summed E-state index contributed by atoms with van der Waals surface area (Å²) in [4.78, 5) is 10.5. The molecule has 0 atom stereocenters. The van der Waals surface area contributed by atoms with Gasteiger partial charge in [0.15, 0.2) is 5.82 Å². The summed E-state index contributed by atoms with van der Waals surface area (Å²) in [6, 6.07) is 69.5. The summed E-state index contributed by atoms with van der Waals surface area (Å²) in [5.41, 5.74) is 16.5. The molecule has 11 aromatic rings. The van der Waals surface area contributed by atoms with Crippen molar-refractivity contribution in [2.24, 2.45) is 0 Å². The topological polar surface area (TPSA) is 38.9 Å². The van der Waals surface area contributed by atoms with Crippen LogP contribution in [0, 0.1) is 0 Å². The van der Waals surface area contributed by atoms with Crippen LogP contribution >= 0.6 is 0 Å². The monoisotopic (exact) mass is 766 g/mol. The van der Waals surface area contributed by atoms with Crippen LogP contribution in [0.1, 0.15) is 25.0 Å². The van der Waals surface area contributed by atoms with Gasteiger partial charge in [0, 0.05) is 32.9 Å². The Morgan fingerprint density at radius 2 is 1.03 bits per heavy atom. The molecule has 0 saturated heterocycles. The smallest absolute Gasteiger partial charge is 0.160 e. The Labute approximate surface area is 348 Å². The van der Waals surface area contributed by atoms with E-state index >= 15 is 0 Å². The standard InChI is InChI=1S/C57H38N2O/c1-57(2)48-22-12-21-43(54(48)46-31-39-16-6-7-17-40(39)33-49(46)57)36-23-25-37(26-24-36)50-34-51(59-56(58-50)38-14-4-3-5-15-38)45-20-11-10-18-42(45)41-28-29-52-47(32-41)55-44-19-9-8-13-35(44)27-30-53(55)60-52/h3-34H,1-2H3. The fourth-order valence-electron chi connectivity index (χ4n) is 9.66. The van der Waals surface area contributed by atoms with E-state index in [2.05, 4.69) is 190 Å². The van der Waals surface area contributed by atoms with E-state index < -0.39 is 0 Å². The van der Waals surface area contributed by atoms with Crippen LogP contribution in [-0.2, 0) is 5.41 Å². The van der Waals surface area contributed by atoms with Crippen molar-refractivity contribution in [1.82, 2.24) is 9.97 Å². The van der Waals surface area contributed by atoms with Crippen molar-refractivity contribution < 1.29 is 4.42 Å². The minimum atomic E-state index is -0.0986.